The number of aromatic carboxylic acids is 1. The topological polar surface area (TPSA) is 95.3 Å². The van der Waals surface area contributed by atoms with Crippen molar-refractivity contribution < 1.29 is 15.0 Å². The van der Waals surface area contributed by atoms with E-state index in [1.54, 1.807) is 6.92 Å². The first-order valence-corrected chi connectivity index (χ1v) is 6.53. The van der Waals surface area contributed by atoms with E-state index in [9.17, 15) is 9.90 Å². The van der Waals surface area contributed by atoms with E-state index in [-0.39, 0.29) is 5.56 Å². The third-order valence-electron chi connectivity index (χ3n) is 3.57. The zero-order chi connectivity index (χ0) is 13.9. The molecule has 3 N–H and O–H groups in total. The number of carboxylic acids is 1. The van der Waals surface area contributed by atoms with Crippen LogP contribution in [0.25, 0.3) is 0 Å². The Morgan fingerprint density at radius 1 is 1.42 bits per heavy atom. The van der Waals surface area contributed by atoms with Gasteiger partial charge in [0.25, 0.3) is 0 Å². The van der Waals surface area contributed by atoms with Crippen LogP contribution in [0.1, 0.15) is 48.2 Å². The molecule has 1 fully saturated rings. The number of carboxylic acid groups (broad SMARTS) is 1. The van der Waals surface area contributed by atoms with Crippen molar-refractivity contribution in [1.82, 2.24) is 9.97 Å². The molecule has 6 nitrogen and oxygen atoms in total. The summed E-state index contributed by atoms with van der Waals surface area (Å²) in [5, 5.41) is 22.2. The Morgan fingerprint density at radius 3 is 2.68 bits per heavy atom. The molecule has 0 bridgehead atoms. The standard InChI is InChI=1S/C13H19N3O3/c1-9-10(11(17)18)7-14-12(16-9)15-8-13(19)5-3-2-4-6-13/h7,19H,2-6,8H2,1H3,(H,17,18)(H,14,15,16). The van der Waals surface area contributed by atoms with Crippen LogP contribution >= 0.6 is 0 Å². The summed E-state index contributed by atoms with van der Waals surface area (Å²) < 4.78 is 0. The lowest BCUT2D eigenvalue weighted by Gasteiger charge is -2.32. The lowest BCUT2D eigenvalue weighted by Crippen LogP contribution is -2.39. The molecule has 0 spiro atoms. The van der Waals surface area contributed by atoms with E-state index in [0.29, 0.717) is 18.2 Å². The van der Waals surface area contributed by atoms with Crippen LogP contribution in [0.5, 0.6) is 0 Å². The largest absolute Gasteiger partial charge is 0.478 e. The van der Waals surface area contributed by atoms with Gasteiger partial charge in [0.05, 0.1) is 16.9 Å². The summed E-state index contributed by atoms with van der Waals surface area (Å²) >= 11 is 0. The van der Waals surface area contributed by atoms with Crippen LogP contribution < -0.4 is 5.32 Å². The normalized spacial score (nSPS) is 18.0. The van der Waals surface area contributed by atoms with Crippen molar-refractivity contribution >= 4 is 11.9 Å². The SMILES string of the molecule is Cc1nc(NCC2(O)CCCCC2)ncc1C(=O)O. The van der Waals surface area contributed by atoms with E-state index < -0.39 is 11.6 Å². The summed E-state index contributed by atoms with van der Waals surface area (Å²) in [5.74, 6) is -0.670. The van der Waals surface area contributed by atoms with Gasteiger partial charge in [-0.25, -0.2) is 14.8 Å². The van der Waals surface area contributed by atoms with Crippen molar-refractivity contribution in [3.63, 3.8) is 0 Å². The summed E-state index contributed by atoms with van der Waals surface area (Å²) in [6.07, 6.45) is 6.10. The van der Waals surface area contributed by atoms with E-state index in [0.717, 1.165) is 25.7 Å². The summed E-state index contributed by atoms with van der Waals surface area (Å²) in [5.41, 5.74) is -0.177. The first kappa shape index (κ1) is 13.7. The molecular weight excluding hydrogens is 246 g/mol. The quantitative estimate of drug-likeness (QED) is 0.765. The molecule has 19 heavy (non-hydrogen) atoms. The van der Waals surface area contributed by atoms with E-state index >= 15 is 0 Å². The molecule has 2 rings (SSSR count). The number of aliphatic hydroxyl groups is 1. The van der Waals surface area contributed by atoms with E-state index in [2.05, 4.69) is 15.3 Å². The predicted molar refractivity (Wildman–Crippen MR) is 70.3 cm³/mol. The first-order valence-electron chi connectivity index (χ1n) is 6.53. The van der Waals surface area contributed by atoms with Gasteiger partial charge in [-0.3, -0.25) is 0 Å². The number of aryl methyl sites for hydroxylation is 1. The van der Waals surface area contributed by atoms with Gasteiger partial charge in [-0.15, -0.1) is 0 Å². The molecule has 0 radical (unpaired) electrons. The smallest absolute Gasteiger partial charge is 0.339 e. The molecule has 1 aliphatic carbocycles. The van der Waals surface area contributed by atoms with Crippen molar-refractivity contribution in [3.05, 3.63) is 17.5 Å². The minimum Gasteiger partial charge on any atom is -0.478 e. The van der Waals surface area contributed by atoms with Gasteiger partial charge in [0, 0.05) is 12.7 Å². The second kappa shape index (κ2) is 5.52. The van der Waals surface area contributed by atoms with Crippen molar-refractivity contribution in [3.8, 4) is 0 Å². The molecule has 1 aromatic heterocycles. The lowest BCUT2D eigenvalue weighted by molar-refractivity contribution is 0.0165. The van der Waals surface area contributed by atoms with Gasteiger partial charge >= 0.3 is 5.97 Å². The Balaban J connectivity index is 2.00. The first-order chi connectivity index (χ1) is 9.00. The predicted octanol–water partition coefficient (Wildman–Crippen LogP) is 1.59. The fourth-order valence-electron chi connectivity index (χ4n) is 2.39. The Labute approximate surface area is 111 Å². The minimum atomic E-state index is -1.03. The maximum atomic E-state index is 10.8. The maximum Gasteiger partial charge on any atom is 0.339 e. The van der Waals surface area contributed by atoms with Crippen LogP contribution in [0.4, 0.5) is 5.95 Å². The molecule has 0 aromatic carbocycles. The van der Waals surface area contributed by atoms with Gasteiger partial charge in [-0.1, -0.05) is 19.3 Å². The van der Waals surface area contributed by atoms with Crippen molar-refractivity contribution in [2.24, 2.45) is 0 Å². The molecule has 0 aliphatic heterocycles. The van der Waals surface area contributed by atoms with Crippen LogP contribution in [0.2, 0.25) is 0 Å². The Hall–Kier alpha value is -1.69. The van der Waals surface area contributed by atoms with Crippen LogP contribution in [0, 0.1) is 6.92 Å². The number of hydrogen-bond acceptors (Lipinski definition) is 5. The number of aromatic nitrogens is 2. The number of carbonyl (C=O) groups is 1. The van der Waals surface area contributed by atoms with Gasteiger partial charge in [0.1, 0.15) is 0 Å². The number of anilines is 1. The highest BCUT2D eigenvalue weighted by Crippen LogP contribution is 2.27. The molecular formula is C13H19N3O3. The fraction of sp³-hybridized carbons (Fsp3) is 0.615. The van der Waals surface area contributed by atoms with E-state index in [1.165, 1.54) is 12.6 Å². The highest BCUT2D eigenvalue weighted by molar-refractivity contribution is 5.88. The number of hydrogen-bond donors (Lipinski definition) is 3. The van der Waals surface area contributed by atoms with Gasteiger partial charge < -0.3 is 15.5 Å². The molecule has 1 saturated carbocycles. The highest BCUT2D eigenvalue weighted by atomic mass is 16.4. The number of nitrogens with zero attached hydrogens (tertiary/aromatic N) is 2. The molecule has 0 saturated heterocycles. The molecule has 0 amide bonds. The monoisotopic (exact) mass is 265 g/mol. The average Bonchev–Trinajstić information content (AvgIpc) is 2.37. The lowest BCUT2D eigenvalue weighted by atomic mass is 9.85. The van der Waals surface area contributed by atoms with Crippen LogP contribution in [-0.4, -0.2) is 38.3 Å². The van der Waals surface area contributed by atoms with Crippen molar-refractivity contribution in [2.75, 3.05) is 11.9 Å². The van der Waals surface area contributed by atoms with Crippen molar-refractivity contribution in [1.29, 1.82) is 0 Å². The number of nitrogens with one attached hydrogen (secondary N) is 1. The second-order valence-electron chi connectivity index (χ2n) is 5.14. The van der Waals surface area contributed by atoms with Crippen LogP contribution in [-0.2, 0) is 0 Å². The van der Waals surface area contributed by atoms with E-state index in [1.807, 2.05) is 0 Å². The maximum absolute atomic E-state index is 10.8. The molecule has 104 valence electrons. The Bertz CT molecular complexity index is 470. The van der Waals surface area contributed by atoms with Gasteiger partial charge in [0.2, 0.25) is 5.95 Å². The summed E-state index contributed by atoms with van der Waals surface area (Å²) in [6, 6.07) is 0. The number of rotatable bonds is 4. The highest BCUT2D eigenvalue weighted by Gasteiger charge is 2.29. The van der Waals surface area contributed by atoms with Gasteiger partial charge in [-0.05, 0) is 19.8 Å². The third-order valence-corrected chi connectivity index (χ3v) is 3.57. The molecule has 1 aromatic rings. The summed E-state index contributed by atoms with van der Waals surface area (Å²) in [7, 11) is 0. The van der Waals surface area contributed by atoms with Crippen LogP contribution in [0.15, 0.2) is 6.20 Å². The summed E-state index contributed by atoms with van der Waals surface area (Å²) in [4.78, 5) is 18.9. The molecule has 1 aliphatic rings. The van der Waals surface area contributed by atoms with Crippen LogP contribution in [0.3, 0.4) is 0 Å². The van der Waals surface area contributed by atoms with Crippen molar-refractivity contribution in [2.45, 2.75) is 44.6 Å². The average molecular weight is 265 g/mol. The Morgan fingerprint density at radius 2 is 2.11 bits per heavy atom. The van der Waals surface area contributed by atoms with Gasteiger partial charge in [0.15, 0.2) is 0 Å². The molecule has 1 heterocycles. The Kier molecular flexibility index (Phi) is 3.99. The van der Waals surface area contributed by atoms with Gasteiger partial charge in [-0.2, -0.15) is 0 Å². The fourth-order valence-corrected chi connectivity index (χ4v) is 2.39. The zero-order valence-corrected chi connectivity index (χ0v) is 11.0. The van der Waals surface area contributed by atoms with E-state index in [4.69, 9.17) is 5.11 Å². The summed E-state index contributed by atoms with van der Waals surface area (Å²) in [6.45, 7) is 2.03. The molecule has 6 heteroatoms. The molecule has 0 atom stereocenters. The minimum absolute atomic E-state index is 0.0990. The zero-order valence-electron chi connectivity index (χ0n) is 11.0. The third kappa shape index (κ3) is 3.41. The molecule has 0 unspecified atom stereocenters. The second-order valence-corrected chi connectivity index (χ2v) is 5.14.